The molecule has 2 bridgehead atoms. The van der Waals surface area contributed by atoms with E-state index in [9.17, 15) is 14.7 Å². The van der Waals surface area contributed by atoms with Gasteiger partial charge in [-0.15, -0.1) is 0 Å². The first kappa shape index (κ1) is 38.4. The lowest BCUT2D eigenvalue weighted by Crippen LogP contribution is -2.69. The van der Waals surface area contributed by atoms with Crippen molar-refractivity contribution in [3.63, 3.8) is 0 Å². The molecule has 3 saturated carbocycles. The number of likely N-dealkylation sites (N-methyl/N-ethyl adjacent to an activating group) is 1. The molecule has 4 fully saturated rings. The number of carboxylic acids is 1. The Labute approximate surface area is 306 Å². The molecule has 6 rings (SSSR count). The number of fused-ring (bicyclic) bond motifs is 3. The second-order valence-electron chi connectivity index (χ2n) is 19.3. The molecule has 4 aliphatic carbocycles. The Morgan fingerprint density at radius 2 is 1.78 bits per heavy atom. The maximum absolute atomic E-state index is 13.5. The summed E-state index contributed by atoms with van der Waals surface area (Å²) in [5.41, 5.74) is -0.288. The maximum Gasteiger partial charge on any atom is 0.307 e. The van der Waals surface area contributed by atoms with Crippen LogP contribution in [0.3, 0.4) is 0 Å². The smallest absolute Gasteiger partial charge is 0.307 e. The van der Waals surface area contributed by atoms with E-state index in [4.69, 9.17) is 14.6 Å². The van der Waals surface area contributed by atoms with Crippen molar-refractivity contribution in [1.29, 1.82) is 0 Å². The highest BCUT2D eigenvalue weighted by molar-refractivity contribution is 5.90. The number of amides is 1. The Morgan fingerprint density at radius 3 is 2.39 bits per heavy atom. The lowest BCUT2D eigenvalue weighted by atomic mass is 9.34. The number of aromatic nitrogens is 3. The molecule has 0 spiro atoms. The summed E-state index contributed by atoms with van der Waals surface area (Å²) in [5, 5.41) is 22.1. The van der Waals surface area contributed by atoms with Gasteiger partial charge in [0.15, 0.2) is 0 Å². The zero-order chi connectivity index (χ0) is 37.5. The van der Waals surface area contributed by atoms with Crippen molar-refractivity contribution in [2.75, 3.05) is 33.9 Å². The van der Waals surface area contributed by atoms with Gasteiger partial charge >= 0.3 is 5.97 Å². The molecule has 10 nitrogen and oxygen atoms in total. The highest BCUT2D eigenvalue weighted by atomic mass is 16.5. The normalized spacial score (nSPS) is 42.2. The van der Waals surface area contributed by atoms with Crippen LogP contribution in [-0.4, -0.2) is 77.3 Å². The first-order valence-corrected chi connectivity index (χ1v) is 19.7. The summed E-state index contributed by atoms with van der Waals surface area (Å²) >= 11 is 0. The third kappa shape index (κ3) is 5.33. The third-order valence-corrected chi connectivity index (χ3v) is 16.8. The van der Waals surface area contributed by atoms with Gasteiger partial charge in [0, 0.05) is 23.4 Å². The van der Waals surface area contributed by atoms with Crippen molar-refractivity contribution in [1.82, 2.24) is 25.4 Å². The van der Waals surface area contributed by atoms with E-state index in [2.05, 4.69) is 90.9 Å². The minimum atomic E-state index is -0.642. The summed E-state index contributed by atoms with van der Waals surface area (Å²) in [5.74, 6) is 0.551. The van der Waals surface area contributed by atoms with Gasteiger partial charge in [-0.25, -0.2) is 9.67 Å². The Kier molecular flexibility index (Phi) is 9.74. The highest BCUT2D eigenvalue weighted by Gasteiger charge is 2.72. The van der Waals surface area contributed by atoms with Gasteiger partial charge in [0.2, 0.25) is 5.82 Å². The predicted octanol–water partition coefficient (Wildman–Crippen LogP) is 6.79. The van der Waals surface area contributed by atoms with E-state index < -0.39 is 17.3 Å². The summed E-state index contributed by atoms with van der Waals surface area (Å²) in [6, 6.07) is -0.243. The first-order chi connectivity index (χ1) is 23.8. The largest absolute Gasteiger partial charge is 0.481 e. The van der Waals surface area contributed by atoms with Crippen LogP contribution in [-0.2, 0) is 14.3 Å². The van der Waals surface area contributed by atoms with E-state index >= 15 is 0 Å². The van der Waals surface area contributed by atoms with Crippen molar-refractivity contribution >= 4 is 11.9 Å². The van der Waals surface area contributed by atoms with Crippen molar-refractivity contribution < 1.29 is 24.2 Å². The summed E-state index contributed by atoms with van der Waals surface area (Å²) in [7, 11) is 3.63. The SMILES string of the molecule is CNC(=O)c1ncnn1[C@@H]1C[C@@]23COC[C@](C)([C@@H]2CC[C@H]2C3=CC[C@@]3(C)[C@H](C(=O)O)[C@@](C)([C@H](C)C(C)C)CC[C@]23C)[C@H]1OC[C@](C)(NC)C(C)C. The number of allylic oxidation sites excluding steroid dienone is 1. The van der Waals surface area contributed by atoms with E-state index in [-0.39, 0.29) is 51.2 Å². The summed E-state index contributed by atoms with van der Waals surface area (Å²) in [6.45, 7) is 24.4. The van der Waals surface area contributed by atoms with Crippen LogP contribution in [0.5, 0.6) is 0 Å². The number of nitrogens with zero attached hydrogens (tertiary/aromatic N) is 3. The summed E-state index contributed by atoms with van der Waals surface area (Å²) in [4.78, 5) is 31.2. The number of hydrogen-bond acceptors (Lipinski definition) is 7. The number of carboxylic acid groups (broad SMARTS) is 1. The number of aliphatic carboxylic acids is 1. The molecule has 10 heteroatoms. The Bertz CT molecular complexity index is 1540. The summed E-state index contributed by atoms with van der Waals surface area (Å²) < 4.78 is 15.7. The molecule has 1 aromatic rings. The van der Waals surface area contributed by atoms with E-state index in [0.717, 1.165) is 38.5 Å². The van der Waals surface area contributed by atoms with Crippen LogP contribution in [0.4, 0.5) is 0 Å². The maximum atomic E-state index is 13.5. The van der Waals surface area contributed by atoms with Crippen LogP contribution in [0.15, 0.2) is 18.0 Å². The molecule has 2 heterocycles. The van der Waals surface area contributed by atoms with Crippen LogP contribution in [0.2, 0.25) is 0 Å². The molecule has 1 aromatic heterocycles. The standard InChI is InChI=1S/C41H67N5O5/c1-24(2)26(5)36(6)17-18-38(8)27-13-14-30-37(7)20-50-22-41(30,28(27)15-16-39(38,9)31(36)35(48)49)19-29(46-33(34(47)42-11)44-23-45-46)32(37)51-21-40(10,43-12)25(3)4/h15,23-27,29-32,43H,13-14,16-22H2,1-12H3,(H,42,47)(H,48,49)/t26-,27+,29-,30+,31-,32+,36-,37-,38-,39+,40+,41+/m1/s1. The minimum absolute atomic E-state index is 0.181. The van der Waals surface area contributed by atoms with Crippen molar-refractivity contribution in [2.24, 2.45) is 62.6 Å². The lowest BCUT2D eigenvalue weighted by Gasteiger charge is -2.71. The molecule has 286 valence electrons. The zero-order valence-corrected chi connectivity index (χ0v) is 33.6. The molecular formula is C41H67N5O5. The third-order valence-electron chi connectivity index (χ3n) is 16.8. The van der Waals surface area contributed by atoms with Crippen LogP contribution < -0.4 is 10.6 Å². The topological polar surface area (TPSA) is 128 Å². The van der Waals surface area contributed by atoms with Gasteiger partial charge < -0.3 is 25.2 Å². The van der Waals surface area contributed by atoms with Gasteiger partial charge in [0.25, 0.3) is 5.91 Å². The van der Waals surface area contributed by atoms with Crippen molar-refractivity contribution in [2.45, 2.75) is 125 Å². The number of carbonyl (C=O) groups excluding carboxylic acids is 1. The zero-order valence-electron chi connectivity index (χ0n) is 33.6. The van der Waals surface area contributed by atoms with Crippen molar-refractivity contribution in [3.8, 4) is 0 Å². The average Bonchev–Trinajstić information content (AvgIpc) is 3.57. The van der Waals surface area contributed by atoms with Crippen molar-refractivity contribution in [3.05, 3.63) is 23.8 Å². The molecule has 51 heavy (non-hydrogen) atoms. The Morgan fingerprint density at radius 1 is 1.08 bits per heavy atom. The number of nitrogens with one attached hydrogen (secondary N) is 2. The van der Waals surface area contributed by atoms with E-state index in [1.165, 1.54) is 11.9 Å². The average molecular weight is 710 g/mol. The molecule has 0 radical (unpaired) electrons. The number of carbonyl (C=O) groups is 2. The first-order valence-electron chi connectivity index (χ1n) is 19.7. The molecule has 0 aromatic carbocycles. The van der Waals surface area contributed by atoms with Gasteiger partial charge in [0.1, 0.15) is 6.33 Å². The van der Waals surface area contributed by atoms with Gasteiger partial charge in [-0.05, 0) is 98.3 Å². The van der Waals surface area contributed by atoms with E-state index in [1.807, 2.05) is 11.7 Å². The minimum Gasteiger partial charge on any atom is -0.481 e. The fourth-order valence-electron chi connectivity index (χ4n) is 12.7. The fraction of sp³-hybridized carbons (Fsp3) is 0.854. The van der Waals surface area contributed by atoms with Crippen LogP contribution >= 0.6 is 0 Å². The van der Waals surface area contributed by atoms with Gasteiger partial charge in [-0.3, -0.25) is 9.59 Å². The molecule has 5 aliphatic rings. The highest BCUT2D eigenvalue weighted by Crippen LogP contribution is 2.75. The van der Waals surface area contributed by atoms with Gasteiger partial charge in [0.05, 0.1) is 37.9 Å². The van der Waals surface area contributed by atoms with Crippen LogP contribution in [0, 0.1) is 62.6 Å². The number of hydrogen-bond donors (Lipinski definition) is 3. The molecule has 12 atom stereocenters. The Hall–Kier alpha value is -2.30. The van der Waals surface area contributed by atoms with E-state index in [1.54, 1.807) is 7.05 Å². The van der Waals surface area contributed by atoms with Crippen LogP contribution in [0.1, 0.15) is 124 Å². The van der Waals surface area contributed by atoms with Gasteiger partial charge in [-0.1, -0.05) is 74.0 Å². The molecule has 0 unspecified atom stereocenters. The number of rotatable bonds is 10. The number of ether oxygens (including phenoxy) is 2. The second kappa shape index (κ2) is 12.9. The van der Waals surface area contributed by atoms with E-state index in [0.29, 0.717) is 49.3 Å². The lowest BCUT2D eigenvalue weighted by molar-refractivity contribution is -0.253. The molecule has 1 amide bonds. The quantitative estimate of drug-likeness (QED) is 0.227. The second-order valence-corrected chi connectivity index (χ2v) is 19.3. The van der Waals surface area contributed by atoms with Gasteiger partial charge in [-0.2, -0.15) is 5.10 Å². The monoisotopic (exact) mass is 710 g/mol. The summed E-state index contributed by atoms with van der Waals surface area (Å²) in [6.07, 6.45) is 9.16. The molecule has 1 aliphatic heterocycles. The van der Waals surface area contributed by atoms with Crippen LogP contribution in [0.25, 0.3) is 0 Å². The molecule has 1 saturated heterocycles. The Balaban J connectivity index is 1.48. The fourth-order valence-corrected chi connectivity index (χ4v) is 12.7. The molecule has 3 N–H and O–H groups in total. The predicted molar refractivity (Wildman–Crippen MR) is 198 cm³/mol. The molecular weight excluding hydrogens is 642 g/mol.